The fourth-order valence-electron chi connectivity index (χ4n) is 3.43. The second kappa shape index (κ2) is 11.7. The molecule has 0 atom stereocenters. The van der Waals surface area contributed by atoms with Crippen molar-refractivity contribution in [2.24, 2.45) is 0 Å². The number of carbonyl (C=O) groups excluding carboxylic acids is 1. The van der Waals surface area contributed by atoms with Gasteiger partial charge in [-0.15, -0.1) is 0 Å². The first-order chi connectivity index (χ1) is 16.6. The predicted octanol–water partition coefficient (Wildman–Crippen LogP) is 4.87. The number of amides is 1. The maximum absolute atomic E-state index is 13.7. The topological polar surface area (TPSA) is 84.9 Å². The van der Waals surface area contributed by atoms with Crippen LogP contribution in [0.1, 0.15) is 11.1 Å². The lowest BCUT2D eigenvalue weighted by atomic mass is 10.1. The van der Waals surface area contributed by atoms with Gasteiger partial charge in [-0.3, -0.25) is 9.10 Å². The number of hydrogen-bond acceptors (Lipinski definition) is 5. The Morgan fingerprint density at radius 3 is 2.20 bits per heavy atom. The van der Waals surface area contributed by atoms with Gasteiger partial charge in [0, 0.05) is 16.6 Å². The normalized spacial score (nSPS) is 11.1. The number of carbonyl (C=O) groups is 1. The van der Waals surface area contributed by atoms with Gasteiger partial charge < -0.3 is 14.8 Å². The number of nitrogens with one attached hydrogen (secondary N) is 1. The summed E-state index contributed by atoms with van der Waals surface area (Å²) >= 11 is 12.3. The second-order valence-corrected chi connectivity index (χ2v) is 10.4. The third kappa shape index (κ3) is 6.81. The van der Waals surface area contributed by atoms with Crippen molar-refractivity contribution in [3.05, 3.63) is 81.8 Å². The highest BCUT2D eigenvalue weighted by molar-refractivity contribution is 7.93. The lowest BCUT2D eigenvalue weighted by Crippen LogP contribution is -2.41. The molecule has 3 aromatic rings. The first-order valence-electron chi connectivity index (χ1n) is 10.7. The van der Waals surface area contributed by atoms with Crippen molar-refractivity contribution in [3.8, 4) is 11.5 Å². The minimum Gasteiger partial charge on any atom is -0.497 e. The van der Waals surface area contributed by atoms with Crippen LogP contribution in [0.3, 0.4) is 0 Å². The van der Waals surface area contributed by atoms with Gasteiger partial charge in [-0.05, 0) is 66.9 Å². The Kier molecular flexibility index (Phi) is 8.88. The van der Waals surface area contributed by atoms with E-state index in [0.29, 0.717) is 13.0 Å². The largest absolute Gasteiger partial charge is 0.497 e. The van der Waals surface area contributed by atoms with E-state index in [2.05, 4.69) is 5.32 Å². The summed E-state index contributed by atoms with van der Waals surface area (Å²) in [6.07, 6.45) is 0.567. The maximum atomic E-state index is 13.7. The summed E-state index contributed by atoms with van der Waals surface area (Å²) in [7, 11) is -1.24. The summed E-state index contributed by atoms with van der Waals surface area (Å²) in [6.45, 7) is 1.62. The highest BCUT2D eigenvalue weighted by Gasteiger charge is 2.30. The lowest BCUT2D eigenvalue weighted by molar-refractivity contribution is -0.119. The zero-order chi connectivity index (χ0) is 25.6. The van der Waals surface area contributed by atoms with E-state index in [1.54, 1.807) is 26.2 Å². The van der Waals surface area contributed by atoms with Crippen molar-refractivity contribution in [3.63, 3.8) is 0 Å². The first kappa shape index (κ1) is 26.7. The van der Waals surface area contributed by atoms with Gasteiger partial charge in [-0.2, -0.15) is 0 Å². The molecule has 0 aliphatic heterocycles. The minimum atomic E-state index is -4.22. The molecule has 0 heterocycles. The highest BCUT2D eigenvalue weighted by atomic mass is 35.5. The molecule has 1 amide bonds. The average Bonchev–Trinajstić information content (AvgIpc) is 2.82. The molecule has 0 aliphatic carbocycles. The Morgan fingerprint density at radius 2 is 1.60 bits per heavy atom. The predicted molar refractivity (Wildman–Crippen MR) is 138 cm³/mol. The van der Waals surface area contributed by atoms with E-state index < -0.39 is 22.5 Å². The number of anilines is 1. The van der Waals surface area contributed by atoms with Crippen molar-refractivity contribution in [1.82, 2.24) is 5.32 Å². The number of hydrogen-bond donors (Lipinski definition) is 1. The van der Waals surface area contributed by atoms with Gasteiger partial charge in [0.2, 0.25) is 5.91 Å². The molecule has 0 saturated heterocycles. The number of aryl methyl sites for hydroxylation is 1. The van der Waals surface area contributed by atoms with Crippen LogP contribution in [-0.2, 0) is 21.2 Å². The SMILES string of the molecule is COc1ccc(CCNC(=O)CN(c2cc(Cl)cc(Cl)c2)S(=O)(=O)c2cc(C)ccc2OC)cc1. The van der Waals surface area contributed by atoms with Crippen LogP contribution in [0.5, 0.6) is 11.5 Å². The molecule has 7 nitrogen and oxygen atoms in total. The van der Waals surface area contributed by atoms with Crippen LogP contribution in [0.15, 0.2) is 65.6 Å². The van der Waals surface area contributed by atoms with Gasteiger partial charge in [0.05, 0.1) is 19.9 Å². The molecule has 10 heteroatoms. The van der Waals surface area contributed by atoms with Crippen LogP contribution in [0.2, 0.25) is 10.0 Å². The zero-order valence-electron chi connectivity index (χ0n) is 19.5. The smallest absolute Gasteiger partial charge is 0.268 e. The molecule has 0 radical (unpaired) electrons. The number of rotatable bonds is 10. The second-order valence-electron chi connectivity index (χ2n) is 7.74. The summed E-state index contributed by atoms with van der Waals surface area (Å²) in [4.78, 5) is 12.8. The molecule has 0 bridgehead atoms. The summed E-state index contributed by atoms with van der Waals surface area (Å²) in [5.74, 6) is 0.420. The van der Waals surface area contributed by atoms with Gasteiger partial charge in [0.15, 0.2) is 0 Å². The number of methoxy groups -OCH3 is 2. The first-order valence-corrected chi connectivity index (χ1v) is 12.9. The van der Waals surface area contributed by atoms with E-state index in [1.165, 1.54) is 31.4 Å². The van der Waals surface area contributed by atoms with Crippen molar-refractivity contribution in [2.75, 3.05) is 31.6 Å². The fraction of sp³-hybridized carbons (Fsp3) is 0.240. The van der Waals surface area contributed by atoms with Crippen LogP contribution < -0.4 is 19.1 Å². The quantitative estimate of drug-likeness (QED) is 0.399. The van der Waals surface area contributed by atoms with Crippen LogP contribution in [0, 0.1) is 6.92 Å². The molecule has 0 aromatic heterocycles. The Bertz CT molecular complexity index is 1280. The Balaban J connectivity index is 1.86. The van der Waals surface area contributed by atoms with Gasteiger partial charge >= 0.3 is 0 Å². The highest BCUT2D eigenvalue weighted by Crippen LogP contribution is 2.33. The third-order valence-corrected chi connectivity index (χ3v) is 7.44. The van der Waals surface area contributed by atoms with Gasteiger partial charge in [0.25, 0.3) is 10.0 Å². The Morgan fingerprint density at radius 1 is 0.943 bits per heavy atom. The molecular formula is C25H26Cl2N2O5S. The average molecular weight is 537 g/mol. The van der Waals surface area contributed by atoms with E-state index in [-0.39, 0.29) is 26.4 Å². The molecule has 186 valence electrons. The fourth-order valence-corrected chi connectivity index (χ4v) is 5.59. The molecule has 0 fully saturated rings. The van der Waals surface area contributed by atoms with Crippen molar-refractivity contribution in [1.29, 1.82) is 0 Å². The number of sulfonamides is 1. The van der Waals surface area contributed by atoms with Crippen molar-refractivity contribution < 1.29 is 22.7 Å². The summed E-state index contributed by atoms with van der Waals surface area (Å²) in [5.41, 5.74) is 1.88. The van der Waals surface area contributed by atoms with E-state index in [1.807, 2.05) is 24.3 Å². The summed E-state index contributed by atoms with van der Waals surface area (Å²) in [5, 5.41) is 3.26. The molecule has 3 aromatic carbocycles. The molecular weight excluding hydrogens is 511 g/mol. The number of halogens is 2. The van der Waals surface area contributed by atoms with Crippen LogP contribution >= 0.6 is 23.2 Å². The van der Waals surface area contributed by atoms with Gasteiger partial charge in [0.1, 0.15) is 22.9 Å². The van der Waals surface area contributed by atoms with Crippen molar-refractivity contribution >= 4 is 44.8 Å². The minimum absolute atomic E-state index is 0.0675. The molecule has 3 rings (SSSR count). The van der Waals surface area contributed by atoms with Crippen LogP contribution in [0.4, 0.5) is 5.69 Å². The number of nitrogens with zero attached hydrogens (tertiary/aromatic N) is 1. The van der Waals surface area contributed by atoms with E-state index in [9.17, 15) is 13.2 Å². The standard InChI is InChI=1S/C25H26Cl2N2O5S/c1-17-4-9-23(34-3)24(12-17)35(31,32)29(21-14-19(26)13-20(27)15-21)16-25(30)28-11-10-18-5-7-22(33-2)8-6-18/h4-9,12-15H,10-11,16H2,1-3H3,(H,28,30). The molecule has 1 N–H and O–H groups in total. The number of ether oxygens (including phenoxy) is 2. The molecule has 35 heavy (non-hydrogen) atoms. The van der Waals surface area contributed by atoms with Crippen molar-refractivity contribution in [2.45, 2.75) is 18.2 Å². The third-order valence-electron chi connectivity index (χ3n) is 5.20. The van der Waals surface area contributed by atoms with E-state index >= 15 is 0 Å². The number of benzene rings is 3. The summed E-state index contributed by atoms with van der Waals surface area (Å²) < 4.78 is 38.9. The Labute approximate surface area is 215 Å². The van der Waals surface area contributed by atoms with E-state index in [4.69, 9.17) is 32.7 Å². The van der Waals surface area contributed by atoms with Crippen LogP contribution in [-0.4, -0.2) is 41.6 Å². The van der Waals surface area contributed by atoms with E-state index in [0.717, 1.165) is 21.2 Å². The summed E-state index contributed by atoms with van der Waals surface area (Å²) in [6, 6.07) is 16.7. The lowest BCUT2D eigenvalue weighted by Gasteiger charge is -2.25. The maximum Gasteiger partial charge on any atom is 0.268 e. The Hall–Kier alpha value is -2.94. The van der Waals surface area contributed by atoms with Crippen LogP contribution in [0.25, 0.3) is 0 Å². The molecule has 0 saturated carbocycles. The zero-order valence-corrected chi connectivity index (χ0v) is 21.9. The molecule has 0 spiro atoms. The molecule has 0 aliphatic rings. The monoisotopic (exact) mass is 536 g/mol. The molecule has 0 unspecified atom stereocenters. The van der Waals surface area contributed by atoms with Gasteiger partial charge in [-0.25, -0.2) is 8.42 Å². The van der Waals surface area contributed by atoms with Gasteiger partial charge in [-0.1, -0.05) is 41.4 Å².